The summed E-state index contributed by atoms with van der Waals surface area (Å²) in [6.45, 7) is 8.10. The van der Waals surface area contributed by atoms with Crippen molar-refractivity contribution in [1.29, 1.82) is 0 Å². The van der Waals surface area contributed by atoms with Gasteiger partial charge in [0, 0.05) is 23.7 Å². The van der Waals surface area contributed by atoms with E-state index in [-0.39, 0.29) is 38.8 Å². The van der Waals surface area contributed by atoms with Gasteiger partial charge in [-0.2, -0.15) is 0 Å². The Morgan fingerprint density at radius 3 is 1.77 bits per heavy atom. The summed E-state index contributed by atoms with van der Waals surface area (Å²) >= 11 is 0. The maximum absolute atomic E-state index is 13.6. The molecule has 6 heteroatoms. The molecule has 0 aromatic heterocycles. The Bertz CT molecular complexity index is 818. The van der Waals surface area contributed by atoms with Gasteiger partial charge < -0.3 is 9.47 Å². The largest absolute Gasteiger partial charge is 0.456 e. The molecule has 4 nitrogen and oxygen atoms in total. The molecule has 0 radical (unpaired) electrons. The molecule has 0 unspecified atom stereocenters. The Labute approximate surface area is 244 Å². The highest BCUT2D eigenvalue weighted by Gasteiger charge is 2.62. The molecule has 7 fully saturated rings. The van der Waals surface area contributed by atoms with E-state index in [1.165, 1.54) is 106 Å². The second-order valence-electron chi connectivity index (χ2n) is 14.9. The van der Waals surface area contributed by atoms with Gasteiger partial charge in [0.1, 0.15) is 34.2 Å². The Hall–Kier alpha value is -0.360. The van der Waals surface area contributed by atoms with Crippen molar-refractivity contribution >= 4 is 33.7 Å². The molecule has 7 aliphatic rings. The molecule has 2 saturated heterocycles. The molecule has 2 heterocycles. The van der Waals surface area contributed by atoms with Gasteiger partial charge in [-0.1, -0.05) is 0 Å². The summed E-state index contributed by atoms with van der Waals surface area (Å²) in [4.78, 5) is 25.2. The predicted molar refractivity (Wildman–Crippen MR) is 165 cm³/mol. The molecule has 0 aromatic rings. The summed E-state index contributed by atoms with van der Waals surface area (Å²) in [5.74, 6) is 9.13. The molecule has 4 bridgehead atoms. The molecular formula is C33H56O4S2+2. The number of ether oxygens (including phenoxy) is 2. The third-order valence-electron chi connectivity index (χ3n) is 10.8. The van der Waals surface area contributed by atoms with Crippen molar-refractivity contribution in [3.8, 4) is 0 Å². The number of hydrogen-bond donors (Lipinski definition) is 0. The summed E-state index contributed by atoms with van der Waals surface area (Å²) in [5, 5.41) is 0. The van der Waals surface area contributed by atoms with Crippen LogP contribution in [0.15, 0.2) is 0 Å². The highest BCUT2D eigenvalue weighted by Crippen LogP contribution is 2.60. The molecule has 0 N–H and O–H groups in total. The van der Waals surface area contributed by atoms with Crippen LogP contribution in [0.3, 0.4) is 0 Å². The number of rotatable bonds is 5. The van der Waals surface area contributed by atoms with Gasteiger partial charge in [-0.05, 0) is 146 Å². The van der Waals surface area contributed by atoms with E-state index in [0.717, 1.165) is 24.7 Å². The number of esters is 2. The number of hydrogen-bond acceptors (Lipinski definition) is 4. The SMILES string of the molecule is CC(C)(C)OC(=O)C[S+]1CCCCC1.CC1(OC(=O)C2([S+]3CCCCC3)CCCC2)C2CC3CC(C2)CC1C3. The fourth-order valence-corrected chi connectivity index (χ4v) is 14.3. The van der Waals surface area contributed by atoms with Crippen LogP contribution in [-0.2, 0) is 40.9 Å². The summed E-state index contributed by atoms with van der Waals surface area (Å²) in [7, 11) is 0.606. The van der Waals surface area contributed by atoms with Crippen LogP contribution in [0.25, 0.3) is 0 Å². The molecule has 39 heavy (non-hydrogen) atoms. The van der Waals surface area contributed by atoms with Gasteiger partial charge in [-0.3, -0.25) is 0 Å². The zero-order chi connectivity index (χ0) is 27.7. The van der Waals surface area contributed by atoms with Crippen molar-refractivity contribution in [1.82, 2.24) is 0 Å². The fourth-order valence-electron chi connectivity index (χ4n) is 8.93. The topological polar surface area (TPSA) is 52.6 Å². The molecule has 5 saturated carbocycles. The molecular weight excluding hydrogens is 524 g/mol. The zero-order valence-corrected chi connectivity index (χ0v) is 27.0. The van der Waals surface area contributed by atoms with E-state index in [9.17, 15) is 9.59 Å². The highest BCUT2D eigenvalue weighted by molar-refractivity contribution is 7.99. The highest BCUT2D eigenvalue weighted by atomic mass is 32.2. The molecule has 222 valence electrons. The van der Waals surface area contributed by atoms with Crippen LogP contribution in [0.1, 0.15) is 124 Å². The van der Waals surface area contributed by atoms with Gasteiger partial charge >= 0.3 is 11.9 Å². The lowest BCUT2D eigenvalue weighted by Crippen LogP contribution is -2.60. The van der Waals surface area contributed by atoms with Crippen LogP contribution in [0.2, 0.25) is 0 Å². The Morgan fingerprint density at radius 2 is 1.26 bits per heavy atom. The van der Waals surface area contributed by atoms with Crippen LogP contribution in [0.5, 0.6) is 0 Å². The van der Waals surface area contributed by atoms with Gasteiger partial charge in [0.15, 0.2) is 0 Å². The van der Waals surface area contributed by atoms with Gasteiger partial charge in [-0.15, -0.1) is 0 Å². The van der Waals surface area contributed by atoms with Crippen molar-refractivity contribution in [3.05, 3.63) is 0 Å². The molecule has 0 amide bonds. The Balaban J connectivity index is 0.000000189. The summed E-state index contributed by atoms with van der Waals surface area (Å²) < 4.78 is 11.8. The van der Waals surface area contributed by atoms with E-state index in [1.807, 2.05) is 20.8 Å². The van der Waals surface area contributed by atoms with Gasteiger partial charge in [0.25, 0.3) is 0 Å². The van der Waals surface area contributed by atoms with Crippen LogP contribution in [0.4, 0.5) is 0 Å². The summed E-state index contributed by atoms with van der Waals surface area (Å²) in [6, 6.07) is 0. The van der Waals surface area contributed by atoms with Crippen LogP contribution < -0.4 is 0 Å². The first-order valence-electron chi connectivity index (χ1n) is 16.3. The molecule has 2 aliphatic heterocycles. The van der Waals surface area contributed by atoms with Gasteiger partial charge in [0.05, 0.1) is 0 Å². The maximum Gasteiger partial charge on any atom is 0.363 e. The number of carbonyl (C=O) groups excluding carboxylic acids is 2. The molecule has 0 aromatic carbocycles. The molecule has 0 atom stereocenters. The lowest BCUT2D eigenvalue weighted by Gasteiger charge is -2.59. The van der Waals surface area contributed by atoms with Gasteiger partial charge in [0.2, 0.25) is 10.5 Å². The van der Waals surface area contributed by atoms with Crippen molar-refractivity contribution in [2.75, 3.05) is 28.8 Å². The average Bonchev–Trinajstić information content (AvgIpc) is 3.39. The second-order valence-corrected chi connectivity index (χ2v) is 19.8. The van der Waals surface area contributed by atoms with Crippen molar-refractivity contribution in [2.45, 2.75) is 140 Å². The first-order valence-corrected chi connectivity index (χ1v) is 19.6. The van der Waals surface area contributed by atoms with E-state index in [2.05, 4.69) is 6.92 Å². The van der Waals surface area contributed by atoms with E-state index in [4.69, 9.17) is 9.47 Å². The Kier molecular flexibility index (Phi) is 9.63. The van der Waals surface area contributed by atoms with Gasteiger partial charge in [-0.25, -0.2) is 9.59 Å². The smallest absolute Gasteiger partial charge is 0.363 e. The van der Waals surface area contributed by atoms with Crippen LogP contribution in [-0.4, -0.2) is 56.7 Å². The van der Waals surface area contributed by atoms with Crippen LogP contribution >= 0.6 is 0 Å². The summed E-state index contributed by atoms with van der Waals surface area (Å²) in [6.07, 6.45) is 19.5. The first-order chi connectivity index (χ1) is 18.6. The second kappa shape index (κ2) is 12.5. The monoisotopic (exact) mass is 580 g/mol. The minimum absolute atomic E-state index is 0.0114. The van der Waals surface area contributed by atoms with Crippen LogP contribution in [0, 0.1) is 23.7 Å². The normalized spacial score (nSPS) is 36.2. The third kappa shape index (κ3) is 7.00. The van der Waals surface area contributed by atoms with Crippen molar-refractivity contribution < 1.29 is 19.1 Å². The van der Waals surface area contributed by atoms with Crippen molar-refractivity contribution in [2.24, 2.45) is 23.7 Å². The predicted octanol–water partition coefficient (Wildman–Crippen LogP) is 6.99. The lowest BCUT2D eigenvalue weighted by molar-refractivity contribution is -0.205. The van der Waals surface area contributed by atoms with E-state index in [1.54, 1.807) is 0 Å². The average molecular weight is 581 g/mol. The summed E-state index contributed by atoms with van der Waals surface area (Å²) in [5.41, 5.74) is -0.463. The lowest BCUT2D eigenvalue weighted by atomic mass is 9.50. The molecule has 7 rings (SSSR count). The molecule has 5 aliphatic carbocycles. The molecule has 0 spiro atoms. The minimum atomic E-state index is -0.323. The fraction of sp³-hybridized carbons (Fsp3) is 0.939. The minimum Gasteiger partial charge on any atom is -0.456 e. The van der Waals surface area contributed by atoms with Crippen molar-refractivity contribution in [3.63, 3.8) is 0 Å². The Morgan fingerprint density at radius 1 is 0.744 bits per heavy atom. The standard InChI is InChI=1S/C22H35O2S.C11H21O2S/c1-21(18-12-16-11-17(14-18)15-19(21)13-16)24-20(23)22(7-3-4-8-22)25-9-5-2-6-10-25;1-11(2,3)13-10(12)9-14-7-5-4-6-8-14/h16-19H,2-15H2,1H3;4-9H2,1-3H3/q2*+1. The first kappa shape index (κ1) is 30.1. The van der Waals surface area contributed by atoms with E-state index < -0.39 is 0 Å². The zero-order valence-electron chi connectivity index (χ0n) is 25.4. The maximum atomic E-state index is 13.6. The quantitative estimate of drug-likeness (QED) is 0.260. The number of carbonyl (C=O) groups is 2. The van der Waals surface area contributed by atoms with E-state index >= 15 is 0 Å². The third-order valence-corrected chi connectivity index (χ3v) is 16.4. The van der Waals surface area contributed by atoms with E-state index in [0.29, 0.717) is 28.5 Å².